The quantitative estimate of drug-likeness (QED) is 0.382. The molecule has 0 atom stereocenters. The Balaban J connectivity index is 2.02. The third-order valence-electron chi connectivity index (χ3n) is 4.62. The van der Waals surface area contributed by atoms with E-state index in [4.69, 9.17) is 23.2 Å². The van der Waals surface area contributed by atoms with E-state index in [9.17, 15) is 4.79 Å². The molecule has 3 rings (SSSR count). The molecule has 0 aromatic heterocycles. The molecule has 3 nitrogen and oxygen atoms in total. The molecule has 0 heterocycles. The molecule has 0 radical (unpaired) electrons. The lowest BCUT2D eigenvalue weighted by Gasteiger charge is -2.31. The van der Waals surface area contributed by atoms with E-state index >= 15 is 0 Å². The number of benzene rings is 3. The van der Waals surface area contributed by atoms with Crippen molar-refractivity contribution in [3.63, 3.8) is 0 Å². The highest BCUT2D eigenvalue weighted by Gasteiger charge is 2.26. The van der Waals surface area contributed by atoms with Crippen LogP contribution in [0.4, 0.5) is 16.2 Å². The minimum absolute atomic E-state index is 0.127. The third-order valence-corrected chi connectivity index (χ3v) is 5.18. The lowest BCUT2D eigenvalue weighted by Crippen LogP contribution is -2.41. The van der Waals surface area contributed by atoms with Crippen molar-refractivity contribution < 1.29 is 4.79 Å². The predicted octanol–water partition coefficient (Wildman–Crippen LogP) is 7.55. The zero-order chi connectivity index (χ0) is 20.6. The van der Waals surface area contributed by atoms with Crippen LogP contribution in [0, 0.1) is 0 Å². The van der Waals surface area contributed by atoms with E-state index in [1.165, 1.54) is 0 Å². The summed E-state index contributed by atoms with van der Waals surface area (Å²) in [5, 5.41) is 1.00. The molecule has 0 N–H and O–H groups in total. The summed E-state index contributed by atoms with van der Waals surface area (Å²) in [6.45, 7) is 3.31. The number of nitrogens with zero attached hydrogens (tertiary/aromatic N) is 2. The molecular weight excluding hydrogens is 403 g/mol. The van der Waals surface area contributed by atoms with E-state index in [0.29, 0.717) is 28.8 Å². The molecule has 2 amide bonds. The van der Waals surface area contributed by atoms with Gasteiger partial charge in [0.2, 0.25) is 0 Å². The fourth-order valence-electron chi connectivity index (χ4n) is 3.12. The highest BCUT2D eigenvalue weighted by atomic mass is 35.5. The van der Waals surface area contributed by atoms with E-state index in [1.54, 1.807) is 23.1 Å². The minimum Gasteiger partial charge on any atom is -0.320 e. The van der Waals surface area contributed by atoms with Crippen LogP contribution in [-0.2, 0) is 6.54 Å². The molecule has 3 aromatic carbocycles. The van der Waals surface area contributed by atoms with Crippen molar-refractivity contribution in [2.45, 2.75) is 26.3 Å². The summed E-state index contributed by atoms with van der Waals surface area (Å²) in [4.78, 5) is 17.3. The normalized spacial score (nSPS) is 10.6. The smallest absolute Gasteiger partial charge is 0.320 e. The molecule has 0 saturated carbocycles. The number of hydrogen-bond acceptors (Lipinski definition) is 1. The number of para-hydroxylation sites is 1. The number of rotatable bonds is 7. The summed E-state index contributed by atoms with van der Waals surface area (Å²) in [5.74, 6) is 0. The molecular formula is C24H24Cl2N2O. The Morgan fingerprint density at radius 3 is 2.21 bits per heavy atom. The first-order valence-corrected chi connectivity index (χ1v) is 10.5. The van der Waals surface area contributed by atoms with Gasteiger partial charge >= 0.3 is 6.03 Å². The van der Waals surface area contributed by atoms with Crippen LogP contribution in [0.5, 0.6) is 0 Å². The average molecular weight is 427 g/mol. The summed E-state index contributed by atoms with van der Waals surface area (Å²) in [6.07, 6.45) is 1.92. The van der Waals surface area contributed by atoms with Gasteiger partial charge in [0.1, 0.15) is 0 Å². The van der Waals surface area contributed by atoms with Gasteiger partial charge in [0.15, 0.2) is 0 Å². The highest BCUT2D eigenvalue weighted by Crippen LogP contribution is 2.35. The van der Waals surface area contributed by atoms with Crippen LogP contribution in [0.25, 0.3) is 0 Å². The standard InChI is InChI=1S/C24H24Cl2N2O/c1-2-3-16-27(18-19-10-6-4-7-11-19)24(29)28(21-12-8-5-9-13-21)23-17-20(25)14-15-22(23)26/h4-15,17H,2-3,16,18H2,1H3. The van der Waals surface area contributed by atoms with Crippen molar-refractivity contribution in [2.24, 2.45) is 0 Å². The Hall–Kier alpha value is -2.49. The van der Waals surface area contributed by atoms with Gasteiger partial charge in [-0.05, 0) is 42.3 Å². The molecule has 0 fully saturated rings. The number of halogens is 2. The van der Waals surface area contributed by atoms with Crippen molar-refractivity contribution >= 4 is 40.6 Å². The summed E-state index contributed by atoms with van der Waals surface area (Å²) in [5.41, 5.74) is 2.41. The van der Waals surface area contributed by atoms with Crippen molar-refractivity contribution in [3.8, 4) is 0 Å². The number of anilines is 2. The van der Waals surface area contributed by atoms with Gasteiger partial charge in [0.25, 0.3) is 0 Å². The van der Waals surface area contributed by atoms with Crippen LogP contribution >= 0.6 is 23.2 Å². The summed E-state index contributed by atoms with van der Waals surface area (Å²) < 4.78 is 0. The second-order valence-electron chi connectivity index (χ2n) is 6.81. The average Bonchev–Trinajstić information content (AvgIpc) is 2.75. The second kappa shape index (κ2) is 10.3. The van der Waals surface area contributed by atoms with Gasteiger partial charge in [0, 0.05) is 18.1 Å². The Morgan fingerprint density at radius 2 is 1.55 bits per heavy atom. The first kappa shape index (κ1) is 21.2. The molecule has 0 spiro atoms. The van der Waals surface area contributed by atoms with E-state index < -0.39 is 0 Å². The molecule has 150 valence electrons. The maximum absolute atomic E-state index is 13.8. The number of amides is 2. The Bertz CT molecular complexity index is 932. The monoisotopic (exact) mass is 426 g/mol. The molecule has 0 aliphatic rings. The number of carbonyl (C=O) groups excluding carboxylic acids is 1. The molecule has 0 bridgehead atoms. The summed E-state index contributed by atoms with van der Waals surface area (Å²) in [7, 11) is 0. The van der Waals surface area contributed by atoms with Crippen LogP contribution in [0.2, 0.25) is 10.0 Å². The van der Waals surface area contributed by atoms with Crippen molar-refractivity contribution in [1.82, 2.24) is 4.90 Å². The second-order valence-corrected chi connectivity index (χ2v) is 7.65. The van der Waals surface area contributed by atoms with Gasteiger partial charge in [-0.15, -0.1) is 0 Å². The minimum atomic E-state index is -0.127. The number of carbonyl (C=O) groups is 1. The van der Waals surface area contributed by atoms with Gasteiger partial charge in [-0.2, -0.15) is 0 Å². The maximum Gasteiger partial charge on any atom is 0.329 e. The van der Waals surface area contributed by atoms with Gasteiger partial charge in [-0.25, -0.2) is 4.79 Å². The van der Waals surface area contributed by atoms with Gasteiger partial charge in [-0.1, -0.05) is 85.1 Å². The highest BCUT2D eigenvalue weighted by molar-refractivity contribution is 6.36. The van der Waals surface area contributed by atoms with Crippen molar-refractivity contribution in [1.29, 1.82) is 0 Å². The Labute approximate surface area is 182 Å². The summed E-state index contributed by atoms with van der Waals surface area (Å²) in [6, 6.07) is 24.6. The number of unbranched alkanes of at least 4 members (excludes halogenated alkanes) is 1. The van der Waals surface area contributed by atoms with Crippen LogP contribution in [0.15, 0.2) is 78.9 Å². The largest absolute Gasteiger partial charge is 0.329 e. The Morgan fingerprint density at radius 1 is 0.897 bits per heavy atom. The zero-order valence-corrected chi connectivity index (χ0v) is 17.9. The fourth-order valence-corrected chi connectivity index (χ4v) is 3.49. The van der Waals surface area contributed by atoms with Crippen LogP contribution in [0.3, 0.4) is 0 Å². The predicted molar refractivity (Wildman–Crippen MR) is 122 cm³/mol. The SMILES string of the molecule is CCCCN(Cc1ccccc1)C(=O)N(c1ccccc1)c1cc(Cl)ccc1Cl. The lowest BCUT2D eigenvalue weighted by atomic mass is 10.2. The molecule has 29 heavy (non-hydrogen) atoms. The van der Waals surface area contributed by atoms with Gasteiger partial charge < -0.3 is 4.90 Å². The molecule has 3 aromatic rings. The first-order valence-electron chi connectivity index (χ1n) is 9.73. The van der Waals surface area contributed by atoms with E-state index in [2.05, 4.69) is 6.92 Å². The molecule has 0 unspecified atom stereocenters. The summed E-state index contributed by atoms with van der Waals surface area (Å²) >= 11 is 12.7. The van der Waals surface area contributed by atoms with Gasteiger partial charge in [-0.3, -0.25) is 4.90 Å². The maximum atomic E-state index is 13.8. The van der Waals surface area contributed by atoms with Gasteiger partial charge in [0.05, 0.1) is 16.4 Å². The fraction of sp³-hybridized carbons (Fsp3) is 0.208. The van der Waals surface area contributed by atoms with E-state index in [-0.39, 0.29) is 6.03 Å². The van der Waals surface area contributed by atoms with Crippen LogP contribution < -0.4 is 4.90 Å². The number of urea groups is 1. The Kier molecular flexibility index (Phi) is 7.56. The lowest BCUT2D eigenvalue weighted by molar-refractivity contribution is 0.203. The molecule has 0 aliphatic heterocycles. The van der Waals surface area contributed by atoms with E-state index in [1.807, 2.05) is 65.6 Å². The van der Waals surface area contributed by atoms with Crippen molar-refractivity contribution in [3.05, 3.63) is 94.5 Å². The van der Waals surface area contributed by atoms with E-state index in [0.717, 1.165) is 24.1 Å². The molecule has 5 heteroatoms. The number of hydrogen-bond donors (Lipinski definition) is 0. The van der Waals surface area contributed by atoms with Crippen molar-refractivity contribution in [2.75, 3.05) is 11.4 Å². The zero-order valence-electron chi connectivity index (χ0n) is 16.4. The molecule has 0 saturated heterocycles. The molecule has 0 aliphatic carbocycles. The van der Waals surface area contributed by atoms with Crippen LogP contribution in [-0.4, -0.2) is 17.5 Å². The van der Waals surface area contributed by atoms with Crippen LogP contribution in [0.1, 0.15) is 25.3 Å². The first-order chi connectivity index (χ1) is 14.1. The topological polar surface area (TPSA) is 23.6 Å². The third kappa shape index (κ3) is 5.53.